The zero-order valence-electron chi connectivity index (χ0n) is 16.8. The Morgan fingerprint density at radius 1 is 1.09 bits per heavy atom. The van der Waals surface area contributed by atoms with E-state index in [9.17, 15) is 18.0 Å². The first-order chi connectivity index (χ1) is 15.4. The molecule has 0 unspecified atom stereocenters. The number of hydrogen-bond donors (Lipinski definition) is 1. The zero-order chi connectivity index (χ0) is 22.7. The smallest absolute Gasteiger partial charge is 0.263 e. The number of ether oxygens (including phenoxy) is 1. The molecule has 1 aromatic heterocycles. The Balaban J connectivity index is 1.53. The fourth-order valence-electron chi connectivity index (χ4n) is 3.06. The van der Waals surface area contributed by atoms with E-state index < -0.39 is 21.8 Å². The number of nitrogens with zero attached hydrogens (tertiary/aromatic N) is 3. The summed E-state index contributed by atoms with van der Waals surface area (Å²) in [4.78, 5) is 25.1. The van der Waals surface area contributed by atoms with Crippen LogP contribution in [0.15, 0.2) is 57.8 Å². The Bertz CT molecular complexity index is 1250. The third-order valence-electron chi connectivity index (χ3n) is 4.59. The van der Waals surface area contributed by atoms with Gasteiger partial charge in [0.15, 0.2) is 4.34 Å². The molecular formula is C20H18N4O5S3. The largest absolute Gasteiger partial charge is 0.495 e. The van der Waals surface area contributed by atoms with Crippen molar-refractivity contribution >= 4 is 55.8 Å². The van der Waals surface area contributed by atoms with Crippen molar-refractivity contribution in [3.05, 3.63) is 54.1 Å². The fraction of sp³-hybridized carbons (Fsp3) is 0.200. The van der Waals surface area contributed by atoms with Gasteiger partial charge in [-0.2, -0.15) is 0 Å². The minimum atomic E-state index is -4.04. The molecule has 1 N–H and O–H groups in total. The highest BCUT2D eigenvalue weighted by Gasteiger charge is 2.33. The second-order valence-electron chi connectivity index (χ2n) is 6.71. The van der Waals surface area contributed by atoms with E-state index in [1.165, 1.54) is 37.1 Å². The van der Waals surface area contributed by atoms with Crippen molar-refractivity contribution in [3.8, 4) is 5.75 Å². The Morgan fingerprint density at radius 3 is 2.50 bits per heavy atom. The first kappa shape index (κ1) is 22.2. The van der Waals surface area contributed by atoms with Crippen LogP contribution < -0.4 is 14.4 Å². The molecule has 1 aliphatic rings. The van der Waals surface area contributed by atoms with Gasteiger partial charge in [-0.05, 0) is 23.8 Å². The van der Waals surface area contributed by atoms with E-state index in [1.54, 1.807) is 0 Å². The molecule has 1 aliphatic heterocycles. The maximum atomic E-state index is 12.9. The number of thioether (sulfide) groups is 1. The molecule has 2 aromatic carbocycles. The van der Waals surface area contributed by atoms with E-state index in [4.69, 9.17) is 4.74 Å². The number of amides is 2. The van der Waals surface area contributed by atoms with Gasteiger partial charge in [-0.1, -0.05) is 53.4 Å². The molecule has 166 valence electrons. The van der Waals surface area contributed by atoms with E-state index in [0.29, 0.717) is 10.1 Å². The molecule has 0 saturated carbocycles. The number of hydrogen-bond acceptors (Lipinski definition) is 9. The fourth-order valence-corrected chi connectivity index (χ4v) is 6.02. The molecule has 3 aromatic rings. The van der Waals surface area contributed by atoms with Crippen LogP contribution in [0.5, 0.6) is 5.75 Å². The highest BCUT2D eigenvalue weighted by Crippen LogP contribution is 2.35. The SMILES string of the molecule is COc1ccc(S(=O)(=O)Nc2nnc(SCc3ccccc3)s2)cc1N1C(=O)CCC1=O. The summed E-state index contributed by atoms with van der Waals surface area (Å²) in [5, 5.41) is 8.05. The van der Waals surface area contributed by atoms with Gasteiger partial charge < -0.3 is 4.74 Å². The van der Waals surface area contributed by atoms with Gasteiger partial charge in [-0.3, -0.25) is 14.3 Å². The van der Waals surface area contributed by atoms with Crippen LogP contribution in [-0.2, 0) is 25.4 Å². The van der Waals surface area contributed by atoms with Gasteiger partial charge in [-0.25, -0.2) is 13.3 Å². The van der Waals surface area contributed by atoms with Crippen LogP contribution >= 0.6 is 23.1 Å². The van der Waals surface area contributed by atoms with Crippen LogP contribution in [0.1, 0.15) is 18.4 Å². The highest BCUT2D eigenvalue weighted by molar-refractivity contribution is 8.00. The van der Waals surface area contributed by atoms with Crippen molar-refractivity contribution in [2.75, 3.05) is 16.7 Å². The standard InChI is InChI=1S/C20H18N4O5S3/c1-29-16-8-7-14(11-15(16)24-17(25)9-10-18(24)26)32(27,28)23-19-21-22-20(31-19)30-12-13-5-3-2-4-6-13/h2-8,11H,9-10,12H2,1H3,(H,21,23). The van der Waals surface area contributed by atoms with Crippen LogP contribution in [-0.4, -0.2) is 37.5 Å². The maximum absolute atomic E-state index is 12.9. The number of benzene rings is 2. The Kier molecular flexibility index (Phi) is 6.44. The van der Waals surface area contributed by atoms with Crippen molar-refractivity contribution in [2.24, 2.45) is 0 Å². The number of nitrogens with one attached hydrogen (secondary N) is 1. The van der Waals surface area contributed by atoms with Gasteiger partial charge in [0.05, 0.1) is 17.7 Å². The molecule has 4 rings (SSSR count). The highest BCUT2D eigenvalue weighted by atomic mass is 32.2. The molecule has 2 amide bonds. The molecule has 0 radical (unpaired) electrons. The number of sulfonamides is 1. The second-order valence-corrected chi connectivity index (χ2v) is 10.6. The lowest BCUT2D eigenvalue weighted by molar-refractivity contribution is -0.121. The maximum Gasteiger partial charge on any atom is 0.263 e. The number of anilines is 2. The molecule has 0 spiro atoms. The second kappa shape index (κ2) is 9.27. The van der Waals surface area contributed by atoms with Gasteiger partial charge in [0.1, 0.15) is 5.75 Å². The molecule has 0 bridgehead atoms. The average molecular weight is 491 g/mol. The summed E-state index contributed by atoms with van der Waals surface area (Å²) >= 11 is 2.57. The topological polar surface area (TPSA) is 119 Å². The van der Waals surface area contributed by atoms with Crippen molar-refractivity contribution in [2.45, 2.75) is 27.8 Å². The summed E-state index contributed by atoms with van der Waals surface area (Å²) in [6.45, 7) is 0. The molecule has 12 heteroatoms. The van der Waals surface area contributed by atoms with E-state index in [2.05, 4.69) is 14.9 Å². The van der Waals surface area contributed by atoms with Crippen molar-refractivity contribution in [3.63, 3.8) is 0 Å². The summed E-state index contributed by atoms with van der Waals surface area (Å²) < 4.78 is 34.1. The van der Waals surface area contributed by atoms with E-state index in [1.807, 2.05) is 30.3 Å². The number of rotatable bonds is 8. The lowest BCUT2D eigenvalue weighted by Gasteiger charge is -2.18. The van der Waals surface area contributed by atoms with E-state index >= 15 is 0 Å². The third-order valence-corrected chi connectivity index (χ3v) is 8.10. The van der Waals surface area contributed by atoms with Crippen LogP contribution in [0.2, 0.25) is 0 Å². The Morgan fingerprint density at radius 2 is 1.81 bits per heavy atom. The third kappa shape index (κ3) is 4.76. The summed E-state index contributed by atoms with van der Waals surface area (Å²) in [5.41, 5.74) is 1.21. The van der Waals surface area contributed by atoms with Gasteiger partial charge in [0.25, 0.3) is 10.0 Å². The lowest BCUT2D eigenvalue weighted by atomic mass is 10.2. The average Bonchev–Trinajstić information content (AvgIpc) is 3.37. The predicted molar refractivity (Wildman–Crippen MR) is 121 cm³/mol. The van der Waals surface area contributed by atoms with Crippen LogP contribution in [0.25, 0.3) is 0 Å². The number of carbonyl (C=O) groups excluding carboxylic acids is 2. The normalized spacial score (nSPS) is 14.1. The van der Waals surface area contributed by atoms with Gasteiger partial charge in [0.2, 0.25) is 16.9 Å². The number of carbonyl (C=O) groups is 2. The lowest BCUT2D eigenvalue weighted by Crippen LogP contribution is -2.29. The summed E-state index contributed by atoms with van der Waals surface area (Å²) in [6.07, 6.45) is 0.150. The summed E-state index contributed by atoms with van der Waals surface area (Å²) in [7, 11) is -2.65. The molecule has 1 fully saturated rings. The van der Waals surface area contributed by atoms with Crippen molar-refractivity contribution in [1.82, 2.24) is 10.2 Å². The Hall–Kier alpha value is -2.96. The molecule has 0 atom stereocenters. The summed E-state index contributed by atoms with van der Waals surface area (Å²) in [5.74, 6) is 0.102. The molecule has 0 aliphatic carbocycles. The molecule has 2 heterocycles. The number of imide groups is 1. The first-order valence-electron chi connectivity index (χ1n) is 9.44. The van der Waals surface area contributed by atoms with Crippen LogP contribution in [0, 0.1) is 0 Å². The molecule has 32 heavy (non-hydrogen) atoms. The van der Waals surface area contributed by atoms with Crippen LogP contribution in [0.4, 0.5) is 10.8 Å². The number of aromatic nitrogens is 2. The summed E-state index contributed by atoms with van der Waals surface area (Å²) in [6, 6.07) is 13.8. The number of methoxy groups -OCH3 is 1. The monoisotopic (exact) mass is 490 g/mol. The van der Waals surface area contributed by atoms with Gasteiger partial charge >= 0.3 is 0 Å². The van der Waals surface area contributed by atoms with Gasteiger partial charge in [0, 0.05) is 18.6 Å². The first-order valence-corrected chi connectivity index (χ1v) is 12.7. The minimum Gasteiger partial charge on any atom is -0.495 e. The van der Waals surface area contributed by atoms with Gasteiger partial charge in [-0.15, -0.1) is 10.2 Å². The Labute approximate surface area is 192 Å². The molecule has 9 nitrogen and oxygen atoms in total. The molecular weight excluding hydrogens is 472 g/mol. The van der Waals surface area contributed by atoms with E-state index in [-0.39, 0.29) is 34.3 Å². The van der Waals surface area contributed by atoms with Crippen molar-refractivity contribution in [1.29, 1.82) is 0 Å². The molecule has 1 saturated heterocycles. The predicted octanol–water partition coefficient (Wildman–Crippen LogP) is 3.29. The van der Waals surface area contributed by atoms with Crippen LogP contribution in [0.3, 0.4) is 0 Å². The van der Waals surface area contributed by atoms with E-state index in [0.717, 1.165) is 21.8 Å². The quantitative estimate of drug-likeness (QED) is 0.377. The minimum absolute atomic E-state index is 0.0748. The van der Waals surface area contributed by atoms with Crippen molar-refractivity contribution < 1.29 is 22.7 Å². The zero-order valence-corrected chi connectivity index (χ0v) is 19.3.